The molecule has 0 saturated carbocycles. The molecule has 2 aromatic rings. The van der Waals surface area contributed by atoms with E-state index >= 15 is 0 Å². The van der Waals surface area contributed by atoms with Crippen LogP contribution in [0.15, 0.2) is 35.8 Å². The van der Waals surface area contributed by atoms with Crippen molar-refractivity contribution in [2.24, 2.45) is 0 Å². The standard InChI is InChI=1S/C18H20N4OS/c1-4-22(5-2)18(23)14-6-8-16(9-7-14)20-11-15(10-19)17-21-13(3)12-24-17/h6-9,11-12,20H,4-5H2,1-3H3/b15-11+. The van der Waals surface area contributed by atoms with E-state index in [4.69, 9.17) is 0 Å². The minimum Gasteiger partial charge on any atom is -0.360 e. The second kappa shape index (κ2) is 8.27. The van der Waals surface area contributed by atoms with Crippen molar-refractivity contribution in [3.63, 3.8) is 0 Å². The van der Waals surface area contributed by atoms with E-state index < -0.39 is 0 Å². The van der Waals surface area contributed by atoms with Crippen molar-refractivity contribution in [2.75, 3.05) is 18.4 Å². The molecule has 0 spiro atoms. The smallest absolute Gasteiger partial charge is 0.253 e. The van der Waals surface area contributed by atoms with Gasteiger partial charge in [0.25, 0.3) is 5.91 Å². The zero-order valence-electron chi connectivity index (χ0n) is 14.0. The fourth-order valence-electron chi connectivity index (χ4n) is 2.18. The number of aromatic nitrogens is 1. The molecule has 0 aliphatic heterocycles. The van der Waals surface area contributed by atoms with Crippen molar-refractivity contribution in [3.05, 3.63) is 52.1 Å². The van der Waals surface area contributed by atoms with Crippen LogP contribution in [0.2, 0.25) is 0 Å². The first-order chi connectivity index (χ1) is 11.6. The number of carbonyl (C=O) groups excluding carboxylic acids is 1. The summed E-state index contributed by atoms with van der Waals surface area (Å²) in [4.78, 5) is 18.3. The van der Waals surface area contributed by atoms with Crippen LogP contribution in [-0.4, -0.2) is 28.9 Å². The van der Waals surface area contributed by atoms with Crippen molar-refractivity contribution >= 4 is 28.5 Å². The van der Waals surface area contributed by atoms with Crippen molar-refractivity contribution in [1.82, 2.24) is 9.88 Å². The summed E-state index contributed by atoms with van der Waals surface area (Å²) < 4.78 is 0. The fourth-order valence-corrected chi connectivity index (χ4v) is 2.94. The number of thiazole rings is 1. The summed E-state index contributed by atoms with van der Waals surface area (Å²) in [6.07, 6.45) is 1.64. The Morgan fingerprint density at radius 3 is 2.50 bits per heavy atom. The van der Waals surface area contributed by atoms with Crippen LogP contribution in [0.4, 0.5) is 5.69 Å². The first-order valence-corrected chi connectivity index (χ1v) is 8.65. The topological polar surface area (TPSA) is 69.0 Å². The lowest BCUT2D eigenvalue weighted by molar-refractivity contribution is 0.0773. The molecule has 0 bridgehead atoms. The third-order valence-electron chi connectivity index (χ3n) is 3.54. The Morgan fingerprint density at radius 1 is 1.33 bits per heavy atom. The zero-order chi connectivity index (χ0) is 17.5. The highest BCUT2D eigenvalue weighted by Gasteiger charge is 2.11. The Hall–Kier alpha value is -2.65. The van der Waals surface area contributed by atoms with Gasteiger partial charge in [-0.05, 0) is 45.0 Å². The van der Waals surface area contributed by atoms with Gasteiger partial charge in [0.2, 0.25) is 0 Å². The molecule has 1 heterocycles. The van der Waals surface area contributed by atoms with E-state index in [0.717, 1.165) is 11.4 Å². The highest BCUT2D eigenvalue weighted by molar-refractivity contribution is 7.10. The highest BCUT2D eigenvalue weighted by Crippen LogP contribution is 2.19. The molecule has 0 radical (unpaired) electrons. The first-order valence-electron chi connectivity index (χ1n) is 7.77. The number of hydrogen-bond donors (Lipinski definition) is 1. The molecule has 1 aromatic heterocycles. The Bertz CT molecular complexity index is 767. The number of rotatable bonds is 6. The molecule has 2 rings (SSSR count). The second-order valence-corrected chi connectivity index (χ2v) is 6.02. The Balaban J connectivity index is 2.10. The van der Waals surface area contributed by atoms with Crippen LogP contribution in [0.5, 0.6) is 0 Å². The molecule has 124 valence electrons. The molecule has 0 aliphatic carbocycles. The van der Waals surface area contributed by atoms with Crippen LogP contribution in [-0.2, 0) is 0 Å². The summed E-state index contributed by atoms with van der Waals surface area (Å²) in [6.45, 7) is 7.21. The van der Waals surface area contributed by atoms with Crippen molar-refractivity contribution in [2.45, 2.75) is 20.8 Å². The van der Waals surface area contributed by atoms with Crippen molar-refractivity contribution in [1.29, 1.82) is 5.26 Å². The van der Waals surface area contributed by atoms with Crippen LogP contribution < -0.4 is 5.32 Å². The Labute approximate surface area is 146 Å². The molecule has 0 aliphatic rings. The molecule has 5 nitrogen and oxygen atoms in total. The summed E-state index contributed by atoms with van der Waals surface area (Å²) in [5.41, 5.74) is 2.85. The van der Waals surface area contributed by atoms with Crippen LogP contribution in [0.1, 0.15) is 34.9 Å². The van der Waals surface area contributed by atoms with Crippen molar-refractivity contribution < 1.29 is 4.79 Å². The van der Waals surface area contributed by atoms with E-state index in [1.54, 1.807) is 23.2 Å². The summed E-state index contributed by atoms with van der Waals surface area (Å²) in [6, 6.07) is 9.38. The van der Waals surface area contributed by atoms with E-state index in [9.17, 15) is 10.1 Å². The lowest BCUT2D eigenvalue weighted by atomic mass is 10.1. The number of nitrogens with zero attached hydrogens (tertiary/aromatic N) is 3. The molecular formula is C18H20N4OS. The number of nitriles is 1. The second-order valence-electron chi connectivity index (χ2n) is 5.16. The fraction of sp³-hybridized carbons (Fsp3) is 0.278. The largest absolute Gasteiger partial charge is 0.360 e. The monoisotopic (exact) mass is 340 g/mol. The van der Waals surface area contributed by atoms with Gasteiger partial charge in [-0.1, -0.05) is 0 Å². The minimum absolute atomic E-state index is 0.0260. The van der Waals surface area contributed by atoms with Gasteiger partial charge in [-0.3, -0.25) is 4.79 Å². The number of amides is 1. The van der Waals surface area contributed by atoms with Gasteiger partial charge in [0.1, 0.15) is 16.6 Å². The number of anilines is 1. The number of carbonyl (C=O) groups is 1. The van der Waals surface area contributed by atoms with E-state index in [-0.39, 0.29) is 5.91 Å². The minimum atomic E-state index is 0.0260. The zero-order valence-corrected chi connectivity index (χ0v) is 14.9. The number of nitrogens with one attached hydrogen (secondary N) is 1. The molecule has 1 aromatic carbocycles. The molecule has 0 unspecified atom stereocenters. The van der Waals surface area contributed by atoms with Gasteiger partial charge in [0, 0.05) is 41.6 Å². The van der Waals surface area contributed by atoms with Crippen LogP contribution in [0.25, 0.3) is 5.57 Å². The predicted molar refractivity (Wildman–Crippen MR) is 97.8 cm³/mol. The molecule has 6 heteroatoms. The summed E-state index contributed by atoms with van der Waals surface area (Å²) in [5, 5.41) is 14.9. The number of aryl methyl sites for hydroxylation is 1. The summed E-state index contributed by atoms with van der Waals surface area (Å²) in [5.74, 6) is 0.0260. The lowest BCUT2D eigenvalue weighted by Crippen LogP contribution is -2.30. The maximum atomic E-state index is 12.3. The number of allylic oxidation sites excluding steroid dienone is 1. The van der Waals surface area contributed by atoms with Gasteiger partial charge >= 0.3 is 0 Å². The van der Waals surface area contributed by atoms with Gasteiger partial charge in [-0.25, -0.2) is 4.98 Å². The van der Waals surface area contributed by atoms with E-state index in [0.29, 0.717) is 29.2 Å². The number of benzene rings is 1. The lowest BCUT2D eigenvalue weighted by Gasteiger charge is -2.18. The molecule has 0 saturated heterocycles. The predicted octanol–water partition coefficient (Wildman–Crippen LogP) is 3.91. The van der Waals surface area contributed by atoms with Crippen LogP contribution in [0, 0.1) is 18.3 Å². The van der Waals surface area contributed by atoms with Gasteiger partial charge in [-0.2, -0.15) is 5.26 Å². The van der Waals surface area contributed by atoms with Crippen LogP contribution in [0.3, 0.4) is 0 Å². The summed E-state index contributed by atoms with van der Waals surface area (Å²) >= 11 is 1.44. The third kappa shape index (κ3) is 4.21. The Morgan fingerprint density at radius 2 is 2.00 bits per heavy atom. The molecule has 1 N–H and O–H groups in total. The van der Waals surface area contributed by atoms with Gasteiger partial charge < -0.3 is 10.2 Å². The quantitative estimate of drug-likeness (QED) is 0.810. The summed E-state index contributed by atoms with van der Waals surface area (Å²) in [7, 11) is 0. The first kappa shape index (κ1) is 17.7. The molecule has 1 amide bonds. The molecule has 24 heavy (non-hydrogen) atoms. The van der Waals surface area contributed by atoms with E-state index in [1.165, 1.54) is 11.3 Å². The Kier molecular flexibility index (Phi) is 6.10. The van der Waals surface area contributed by atoms with E-state index in [1.807, 2.05) is 38.3 Å². The molecule has 0 atom stereocenters. The average Bonchev–Trinajstić information content (AvgIpc) is 3.03. The van der Waals surface area contributed by atoms with Gasteiger partial charge in [0.15, 0.2) is 0 Å². The average molecular weight is 340 g/mol. The highest BCUT2D eigenvalue weighted by atomic mass is 32.1. The third-order valence-corrected chi connectivity index (χ3v) is 4.53. The van der Waals surface area contributed by atoms with Crippen LogP contribution >= 0.6 is 11.3 Å². The normalized spacial score (nSPS) is 11.0. The van der Waals surface area contributed by atoms with E-state index in [2.05, 4.69) is 16.4 Å². The molecular weight excluding hydrogens is 320 g/mol. The van der Waals surface area contributed by atoms with Gasteiger partial charge in [-0.15, -0.1) is 11.3 Å². The maximum Gasteiger partial charge on any atom is 0.253 e. The van der Waals surface area contributed by atoms with Crippen molar-refractivity contribution in [3.8, 4) is 6.07 Å². The SMILES string of the molecule is CCN(CC)C(=O)c1ccc(N/C=C(\C#N)c2nc(C)cs2)cc1. The maximum absolute atomic E-state index is 12.3. The number of hydrogen-bond acceptors (Lipinski definition) is 5. The molecule has 0 fully saturated rings. The van der Waals surface area contributed by atoms with Gasteiger partial charge in [0.05, 0.1) is 0 Å².